The molecule has 1 aliphatic carbocycles. The lowest BCUT2D eigenvalue weighted by Crippen LogP contribution is -2.57. The summed E-state index contributed by atoms with van der Waals surface area (Å²) in [7, 11) is 3.38. The summed E-state index contributed by atoms with van der Waals surface area (Å²) in [5.41, 5.74) is 0.917. The van der Waals surface area contributed by atoms with Crippen LogP contribution in [0.2, 0.25) is 0 Å². The molecule has 0 amide bonds. The van der Waals surface area contributed by atoms with Gasteiger partial charge in [-0.3, -0.25) is 0 Å². The summed E-state index contributed by atoms with van der Waals surface area (Å²) in [5, 5.41) is 0. The summed E-state index contributed by atoms with van der Waals surface area (Å²) in [6.45, 7) is 2.13. The number of hydrogen-bond acceptors (Lipinski definition) is 5. The van der Waals surface area contributed by atoms with Gasteiger partial charge in [-0.2, -0.15) is 0 Å². The Morgan fingerprint density at radius 2 is 1.72 bits per heavy atom. The fraction of sp³-hybridized carbons (Fsp3) is 0.700. The molecule has 1 spiro atoms. The summed E-state index contributed by atoms with van der Waals surface area (Å²) in [6, 6.07) is 6.08. The summed E-state index contributed by atoms with van der Waals surface area (Å²) < 4.78 is 30.2. The van der Waals surface area contributed by atoms with Crippen LogP contribution in [0.3, 0.4) is 0 Å². The fourth-order valence-corrected chi connectivity index (χ4v) is 5.91. The standard InChI is InChI=1S/C20H26O5/c1-12-17-20-7-5-4-6-19(20,11-16(23-12)25-20)18(24-17)13-8-14(21-2)10-15(9-13)22-3/h8-10,12,16-18H,4-7,11H2,1-3H3/t12-,16+,17?,18+,19-,20+/m0/s1. The van der Waals surface area contributed by atoms with Crippen LogP contribution in [-0.4, -0.2) is 38.3 Å². The van der Waals surface area contributed by atoms with E-state index in [0.717, 1.165) is 36.3 Å². The average Bonchev–Trinajstić information content (AvgIpc) is 3.07. The van der Waals surface area contributed by atoms with Crippen molar-refractivity contribution < 1.29 is 23.7 Å². The van der Waals surface area contributed by atoms with Crippen molar-refractivity contribution in [2.75, 3.05) is 14.2 Å². The largest absolute Gasteiger partial charge is 0.497 e. The normalized spacial score (nSPS) is 44.4. The first kappa shape index (κ1) is 15.9. The van der Waals surface area contributed by atoms with Crippen molar-refractivity contribution in [2.24, 2.45) is 5.41 Å². The van der Waals surface area contributed by atoms with Crippen molar-refractivity contribution in [1.82, 2.24) is 0 Å². The number of methoxy groups -OCH3 is 2. The van der Waals surface area contributed by atoms with Gasteiger partial charge in [0.1, 0.15) is 23.2 Å². The number of rotatable bonds is 3. The predicted octanol–water partition coefficient (Wildman–Crippen LogP) is 3.61. The molecule has 5 heteroatoms. The molecule has 1 aromatic rings. The highest BCUT2D eigenvalue weighted by Gasteiger charge is 2.75. The smallest absolute Gasteiger partial charge is 0.159 e. The van der Waals surface area contributed by atoms with Gasteiger partial charge in [-0.25, -0.2) is 0 Å². The van der Waals surface area contributed by atoms with Crippen molar-refractivity contribution in [3.05, 3.63) is 23.8 Å². The maximum absolute atomic E-state index is 6.68. The first-order valence-corrected chi connectivity index (χ1v) is 9.34. The van der Waals surface area contributed by atoms with Crippen LogP contribution >= 0.6 is 0 Å². The molecule has 1 unspecified atom stereocenters. The Labute approximate surface area is 148 Å². The fourth-order valence-electron chi connectivity index (χ4n) is 5.91. The van der Waals surface area contributed by atoms with Gasteiger partial charge in [0.25, 0.3) is 0 Å². The first-order valence-electron chi connectivity index (χ1n) is 9.34. The molecular weight excluding hydrogens is 320 g/mol. The van der Waals surface area contributed by atoms with Crippen molar-refractivity contribution in [2.45, 2.75) is 69.2 Å². The van der Waals surface area contributed by atoms with Gasteiger partial charge >= 0.3 is 0 Å². The minimum Gasteiger partial charge on any atom is -0.497 e. The molecule has 0 aromatic heterocycles. The minimum atomic E-state index is -0.200. The van der Waals surface area contributed by atoms with E-state index >= 15 is 0 Å². The van der Waals surface area contributed by atoms with E-state index in [1.54, 1.807) is 14.2 Å². The molecule has 4 fully saturated rings. The number of ether oxygens (including phenoxy) is 5. The maximum Gasteiger partial charge on any atom is 0.159 e. The maximum atomic E-state index is 6.68. The van der Waals surface area contributed by atoms with E-state index in [1.165, 1.54) is 12.8 Å². The third kappa shape index (κ3) is 1.95. The van der Waals surface area contributed by atoms with Gasteiger partial charge in [0, 0.05) is 17.9 Å². The highest BCUT2D eigenvalue weighted by atomic mass is 16.7. The van der Waals surface area contributed by atoms with E-state index in [0.29, 0.717) is 0 Å². The zero-order valence-corrected chi connectivity index (χ0v) is 15.1. The van der Waals surface area contributed by atoms with Crippen molar-refractivity contribution >= 4 is 0 Å². The van der Waals surface area contributed by atoms with Crippen LogP contribution in [0.25, 0.3) is 0 Å². The molecule has 1 saturated carbocycles. The molecule has 5 nitrogen and oxygen atoms in total. The minimum absolute atomic E-state index is 0.00171. The van der Waals surface area contributed by atoms with Gasteiger partial charge < -0.3 is 23.7 Å². The Kier molecular flexibility index (Phi) is 3.41. The SMILES string of the molecule is COc1cc(OC)cc([C@H]2OC3[C@H](C)O[C@H]4C[C@@]25CCCC[C@@]35O4)c1. The van der Waals surface area contributed by atoms with Gasteiger partial charge in [0.05, 0.1) is 26.4 Å². The lowest BCUT2D eigenvalue weighted by Gasteiger charge is -2.47. The third-order valence-electron chi connectivity index (χ3n) is 6.85. The van der Waals surface area contributed by atoms with E-state index in [2.05, 4.69) is 19.1 Å². The quantitative estimate of drug-likeness (QED) is 0.837. The molecule has 136 valence electrons. The van der Waals surface area contributed by atoms with Gasteiger partial charge in [-0.1, -0.05) is 12.8 Å². The van der Waals surface area contributed by atoms with Crippen LogP contribution in [0.15, 0.2) is 18.2 Å². The van der Waals surface area contributed by atoms with Gasteiger partial charge in [0.15, 0.2) is 6.29 Å². The molecule has 5 rings (SSSR count). The number of hydrogen-bond donors (Lipinski definition) is 0. The van der Waals surface area contributed by atoms with Crippen LogP contribution in [0.4, 0.5) is 0 Å². The van der Waals surface area contributed by atoms with Gasteiger partial charge in [-0.05, 0) is 37.5 Å². The molecule has 3 aliphatic heterocycles. The molecule has 2 bridgehead atoms. The van der Waals surface area contributed by atoms with E-state index in [4.69, 9.17) is 23.7 Å². The first-order chi connectivity index (χ1) is 12.1. The third-order valence-corrected chi connectivity index (χ3v) is 6.85. The summed E-state index contributed by atoms with van der Waals surface area (Å²) in [5.74, 6) is 1.60. The van der Waals surface area contributed by atoms with Crippen LogP contribution in [0.1, 0.15) is 50.7 Å². The van der Waals surface area contributed by atoms with Crippen LogP contribution < -0.4 is 9.47 Å². The summed E-state index contributed by atoms with van der Waals surface area (Å²) >= 11 is 0. The molecule has 6 atom stereocenters. The zero-order valence-electron chi connectivity index (χ0n) is 15.1. The molecule has 25 heavy (non-hydrogen) atoms. The lowest BCUT2D eigenvalue weighted by atomic mass is 9.59. The summed E-state index contributed by atoms with van der Waals surface area (Å²) in [6.07, 6.45) is 5.50. The zero-order chi connectivity index (χ0) is 17.2. The second kappa shape index (κ2) is 5.35. The molecule has 0 radical (unpaired) electrons. The molecule has 1 aromatic carbocycles. The van der Waals surface area contributed by atoms with E-state index in [9.17, 15) is 0 Å². The molecule has 3 heterocycles. The molecule has 0 N–H and O–H groups in total. The highest BCUT2D eigenvalue weighted by Crippen LogP contribution is 2.71. The number of fused-ring (bicyclic) bond motifs is 1. The second-order valence-corrected chi connectivity index (χ2v) is 7.93. The van der Waals surface area contributed by atoms with Crippen molar-refractivity contribution in [1.29, 1.82) is 0 Å². The Hall–Kier alpha value is -1.30. The van der Waals surface area contributed by atoms with Gasteiger partial charge in [-0.15, -0.1) is 0 Å². The lowest BCUT2D eigenvalue weighted by molar-refractivity contribution is -0.287. The summed E-state index contributed by atoms with van der Waals surface area (Å²) in [4.78, 5) is 0. The number of benzene rings is 1. The topological polar surface area (TPSA) is 46.2 Å². The Balaban J connectivity index is 1.64. The van der Waals surface area contributed by atoms with Crippen LogP contribution in [0, 0.1) is 5.41 Å². The van der Waals surface area contributed by atoms with E-state index in [1.807, 2.05) is 6.07 Å². The van der Waals surface area contributed by atoms with Crippen LogP contribution in [0.5, 0.6) is 11.5 Å². The Bertz CT molecular complexity index is 668. The van der Waals surface area contributed by atoms with Crippen molar-refractivity contribution in [3.8, 4) is 11.5 Å². The predicted molar refractivity (Wildman–Crippen MR) is 90.8 cm³/mol. The Morgan fingerprint density at radius 3 is 2.44 bits per heavy atom. The van der Waals surface area contributed by atoms with Crippen molar-refractivity contribution in [3.63, 3.8) is 0 Å². The monoisotopic (exact) mass is 346 g/mol. The average molecular weight is 346 g/mol. The molecule has 4 aliphatic rings. The second-order valence-electron chi connectivity index (χ2n) is 7.93. The highest BCUT2D eigenvalue weighted by molar-refractivity contribution is 5.42. The van der Waals surface area contributed by atoms with Crippen LogP contribution in [-0.2, 0) is 14.2 Å². The molecular formula is C20H26O5. The van der Waals surface area contributed by atoms with Gasteiger partial charge in [0.2, 0.25) is 0 Å². The van der Waals surface area contributed by atoms with E-state index < -0.39 is 0 Å². The Morgan fingerprint density at radius 1 is 1.00 bits per heavy atom. The molecule has 3 saturated heterocycles. The van der Waals surface area contributed by atoms with E-state index in [-0.39, 0.29) is 35.6 Å².